The molecule has 2 unspecified atom stereocenters. The molecule has 1 aromatic heterocycles. The van der Waals surface area contributed by atoms with E-state index in [1.165, 1.54) is 25.7 Å². The fraction of sp³-hybridized carbons (Fsp3) is 0.765. The third kappa shape index (κ3) is 3.02. The Labute approximate surface area is 137 Å². The molecule has 6 heteroatoms. The van der Waals surface area contributed by atoms with Gasteiger partial charge in [0.1, 0.15) is 5.41 Å². The minimum absolute atomic E-state index is 0.247. The predicted molar refractivity (Wildman–Crippen MR) is 87.2 cm³/mol. The van der Waals surface area contributed by atoms with Gasteiger partial charge in [-0.25, -0.2) is 9.78 Å². The predicted octanol–water partition coefficient (Wildman–Crippen LogP) is 2.05. The van der Waals surface area contributed by atoms with Gasteiger partial charge in [-0.3, -0.25) is 0 Å². The van der Waals surface area contributed by atoms with Gasteiger partial charge in [-0.2, -0.15) is 5.90 Å². The van der Waals surface area contributed by atoms with Crippen molar-refractivity contribution >= 4 is 5.97 Å². The highest BCUT2D eigenvalue weighted by molar-refractivity contribution is 5.86. The summed E-state index contributed by atoms with van der Waals surface area (Å²) in [7, 11) is 0. The summed E-state index contributed by atoms with van der Waals surface area (Å²) in [6.45, 7) is 2.95. The second-order valence-corrected chi connectivity index (χ2v) is 7.33. The standard InChI is InChI=1S/C17H28N4O2/c1-12-4-6-14(7-5-12)21-10-15(20-11-21)17(16(22)23-19)9-13(17)3-2-8-18/h10-14H,2-9,18-19H2,1H3. The lowest BCUT2D eigenvalue weighted by Crippen LogP contribution is -2.28. The highest BCUT2D eigenvalue weighted by Gasteiger charge is 2.63. The van der Waals surface area contributed by atoms with Crippen molar-refractivity contribution in [1.82, 2.24) is 9.55 Å². The van der Waals surface area contributed by atoms with Crippen molar-refractivity contribution in [1.29, 1.82) is 0 Å². The molecule has 1 aromatic rings. The second-order valence-electron chi connectivity index (χ2n) is 7.33. The van der Waals surface area contributed by atoms with Gasteiger partial charge in [0.05, 0.1) is 12.0 Å². The van der Waals surface area contributed by atoms with Crippen LogP contribution in [-0.2, 0) is 15.0 Å². The molecule has 0 spiro atoms. The Balaban J connectivity index is 1.75. The molecule has 0 aromatic carbocycles. The first kappa shape index (κ1) is 16.5. The molecule has 128 valence electrons. The molecule has 0 bridgehead atoms. The molecule has 0 aliphatic heterocycles. The van der Waals surface area contributed by atoms with Gasteiger partial charge in [-0.05, 0) is 63.3 Å². The number of nitrogens with two attached hydrogens (primary N) is 2. The van der Waals surface area contributed by atoms with E-state index >= 15 is 0 Å². The lowest BCUT2D eigenvalue weighted by atomic mass is 9.87. The van der Waals surface area contributed by atoms with Crippen LogP contribution in [0.5, 0.6) is 0 Å². The number of hydrogen-bond donors (Lipinski definition) is 2. The highest BCUT2D eigenvalue weighted by atomic mass is 16.7. The number of rotatable bonds is 6. The maximum Gasteiger partial charge on any atom is 0.336 e. The molecule has 0 saturated heterocycles. The van der Waals surface area contributed by atoms with Crippen LogP contribution in [0.15, 0.2) is 12.5 Å². The minimum Gasteiger partial charge on any atom is -0.373 e. The molecule has 6 nitrogen and oxygen atoms in total. The Bertz CT molecular complexity index is 551. The Morgan fingerprint density at radius 3 is 2.83 bits per heavy atom. The van der Waals surface area contributed by atoms with Crippen LogP contribution in [0.2, 0.25) is 0 Å². The number of carbonyl (C=O) groups is 1. The number of hydrogen-bond acceptors (Lipinski definition) is 5. The van der Waals surface area contributed by atoms with Crippen molar-refractivity contribution in [2.24, 2.45) is 23.5 Å². The van der Waals surface area contributed by atoms with Gasteiger partial charge in [0.15, 0.2) is 0 Å². The zero-order valence-corrected chi connectivity index (χ0v) is 13.9. The molecular formula is C17H28N4O2. The molecule has 2 aliphatic rings. The molecule has 2 saturated carbocycles. The first-order valence-electron chi connectivity index (χ1n) is 8.77. The number of aromatic nitrogens is 2. The first-order chi connectivity index (χ1) is 11.1. The maximum atomic E-state index is 12.3. The number of carbonyl (C=O) groups excluding carboxylic acids is 1. The molecule has 0 amide bonds. The number of nitrogens with zero attached hydrogens (tertiary/aromatic N) is 2. The van der Waals surface area contributed by atoms with Gasteiger partial charge < -0.3 is 15.1 Å². The minimum atomic E-state index is -0.642. The van der Waals surface area contributed by atoms with Crippen LogP contribution in [0.3, 0.4) is 0 Å². The van der Waals surface area contributed by atoms with Gasteiger partial charge in [0.25, 0.3) is 0 Å². The van der Waals surface area contributed by atoms with Gasteiger partial charge in [-0.15, -0.1) is 0 Å². The van der Waals surface area contributed by atoms with Gasteiger partial charge in [0, 0.05) is 12.2 Å². The second kappa shape index (κ2) is 6.61. The molecular weight excluding hydrogens is 292 g/mol. The van der Waals surface area contributed by atoms with Crippen molar-refractivity contribution in [2.45, 2.75) is 63.3 Å². The van der Waals surface area contributed by atoms with E-state index in [2.05, 4.69) is 21.3 Å². The lowest BCUT2D eigenvalue weighted by molar-refractivity contribution is -0.148. The zero-order chi connectivity index (χ0) is 16.4. The van der Waals surface area contributed by atoms with Crippen LogP contribution in [0, 0.1) is 11.8 Å². The SMILES string of the molecule is CC1CCC(n2cnc(C3(C(=O)ON)CC3CCCN)c2)CC1. The smallest absolute Gasteiger partial charge is 0.336 e. The average Bonchev–Trinajstić information content (AvgIpc) is 3.09. The average molecular weight is 320 g/mol. The fourth-order valence-corrected chi connectivity index (χ4v) is 4.12. The monoisotopic (exact) mass is 320 g/mol. The van der Waals surface area contributed by atoms with Crippen LogP contribution < -0.4 is 11.6 Å². The summed E-state index contributed by atoms with van der Waals surface area (Å²) in [5.41, 5.74) is 5.76. The third-order valence-corrected chi connectivity index (χ3v) is 5.80. The third-order valence-electron chi connectivity index (χ3n) is 5.80. The molecule has 23 heavy (non-hydrogen) atoms. The van der Waals surface area contributed by atoms with Crippen LogP contribution in [0.1, 0.15) is 63.6 Å². The van der Waals surface area contributed by atoms with Crippen LogP contribution in [-0.4, -0.2) is 22.1 Å². The normalized spacial score (nSPS) is 33.4. The Morgan fingerprint density at radius 1 is 1.43 bits per heavy atom. The van der Waals surface area contributed by atoms with E-state index in [0.717, 1.165) is 30.9 Å². The summed E-state index contributed by atoms with van der Waals surface area (Å²) in [6.07, 6.45) is 11.4. The maximum absolute atomic E-state index is 12.3. The van der Waals surface area contributed by atoms with Crippen molar-refractivity contribution in [3.63, 3.8) is 0 Å². The topological polar surface area (TPSA) is 96.2 Å². The van der Waals surface area contributed by atoms with Gasteiger partial charge >= 0.3 is 5.97 Å². The Hall–Kier alpha value is -1.40. The van der Waals surface area contributed by atoms with E-state index in [-0.39, 0.29) is 11.9 Å². The van der Waals surface area contributed by atoms with Crippen LogP contribution in [0.4, 0.5) is 0 Å². The first-order valence-corrected chi connectivity index (χ1v) is 8.77. The fourth-order valence-electron chi connectivity index (χ4n) is 4.12. The Morgan fingerprint density at radius 2 is 2.17 bits per heavy atom. The van der Waals surface area contributed by atoms with Gasteiger partial charge in [-0.1, -0.05) is 6.92 Å². The van der Waals surface area contributed by atoms with Crippen LogP contribution >= 0.6 is 0 Å². The number of imidazole rings is 1. The van der Waals surface area contributed by atoms with Crippen LogP contribution in [0.25, 0.3) is 0 Å². The van der Waals surface area contributed by atoms with Crippen molar-refractivity contribution in [2.75, 3.05) is 6.54 Å². The van der Waals surface area contributed by atoms with Crippen molar-refractivity contribution < 1.29 is 9.63 Å². The Kier molecular flexibility index (Phi) is 4.73. The van der Waals surface area contributed by atoms with E-state index in [9.17, 15) is 4.79 Å². The molecule has 2 fully saturated rings. The van der Waals surface area contributed by atoms with E-state index in [0.29, 0.717) is 12.6 Å². The summed E-state index contributed by atoms with van der Waals surface area (Å²) < 4.78 is 2.19. The van der Waals surface area contributed by atoms with E-state index in [4.69, 9.17) is 11.6 Å². The molecule has 2 atom stereocenters. The highest BCUT2D eigenvalue weighted by Crippen LogP contribution is 2.56. The molecule has 2 aliphatic carbocycles. The quantitative estimate of drug-likeness (QED) is 0.782. The molecule has 3 rings (SSSR count). The van der Waals surface area contributed by atoms with E-state index < -0.39 is 5.41 Å². The zero-order valence-electron chi connectivity index (χ0n) is 13.9. The van der Waals surface area contributed by atoms with Crippen molar-refractivity contribution in [3.05, 3.63) is 18.2 Å². The summed E-state index contributed by atoms with van der Waals surface area (Å²) >= 11 is 0. The lowest BCUT2D eigenvalue weighted by Gasteiger charge is -2.27. The summed E-state index contributed by atoms with van der Waals surface area (Å²) in [5.74, 6) is 5.89. The summed E-state index contributed by atoms with van der Waals surface area (Å²) in [5, 5.41) is 0. The molecule has 4 N–H and O–H groups in total. The van der Waals surface area contributed by atoms with E-state index in [1.807, 2.05) is 12.5 Å². The molecule has 0 radical (unpaired) electrons. The van der Waals surface area contributed by atoms with E-state index in [1.54, 1.807) is 0 Å². The van der Waals surface area contributed by atoms with Gasteiger partial charge in [0.2, 0.25) is 0 Å². The molecule has 1 heterocycles. The summed E-state index contributed by atoms with van der Waals surface area (Å²) in [6, 6.07) is 0.500. The van der Waals surface area contributed by atoms with Crippen molar-refractivity contribution in [3.8, 4) is 0 Å². The largest absolute Gasteiger partial charge is 0.373 e. The summed E-state index contributed by atoms with van der Waals surface area (Å²) in [4.78, 5) is 21.4.